The van der Waals surface area contributed by atoms with E-state index < -0.39 is 5.97 Å². The van der Waals surface area contributed by atoms with Crippen LogP contribution in [0, 0.1) is 11.8 Å². The summed E-state index contributed by atoms with van der Waals surface area (Å²) in [5.41, 5.74) is 0.880. The van der Waals surface area contributed by atoms with Crippen molar-refractivity contribution in [2.75, 3.05) is 7.11 Å². The molecule has 0 spiro atoms. The summed E-state index contributed by atoms with van der Waals surface area (Å²) < 4.78 is 9.94. The Bertz CT molecular complexity index is 439. The predicted octanol–water partition coefficient (Wildman–Crippen LogP) is 3.37. The Labute approximate surface area is 120 Å². The van der Waals surface area contributed by atoms with Crippen molar-refractivity contribution >= 4 is 5.97 Å². The highest BCUT2D eigenvalue weighted by atomic mass is 16.5. The van der Waals surface area contributed by atoms with Crippen molar-refractivity contribution in [1.82, 2.24) is 5.32 Å². The van der Waals surface area contributed by atoms with E-state index in [1.807, 2.05) is 6.07 Å². The van der Waals surface area contributed by atoms with Gasteiger partial charge in [0.25, 0.3) is 0 Å². The lowest BCUT2D eigenvalue weighted by molar-refractivity contribution is 0.0563. The summed E-state index contributed by atoms with van der Waals surface area (Å²) in [6, 6.07) is 2.37. The maximum absolute atomic E-state index is 11.6. The van der Waals surface area contributed by atoms with Gasteiger partial charge in [-0.15, -0.1) is 0 Å². The topological polar surface area (TPSA) is 51.5 Å². The second-order valence-electron chi connectivity index (χ2n) is 5.95. The Hall–Kier alpha value is -1.29. The smallest absolute Gasteiger partial charge is 0.374 e. The molecule has 0 aromatic carbocycles. The van der Waals surface area contributed by atoms with Gasteiger partial charge in [-0.1, -0.05) is 26.7 Å². The Kier molecular flexibility index (Phi) is 5.24. The van der Waals surface area contributed by atoms with Crippen molar-refractivity contribution in [3.8, 4) is 0 Å². The van der Waals surface area contributed by atoms with Crippen LogP contribution in [0.2, 0.25) is 0 Å². The molecule has 1 fully saturated rings. The molecule has 1 aromatic heterocycles. The fourth-order valence-corrected chi connectivity index (χ4v) is 3.20. The quantitative estimate of drug-likeness (QED) is 0.840. The highest BCUT2D eigenvalue weighted by Crippen LogP contribution is 2.30. The molecule has 1 heterocycles. The lowest BCUT2D eigenvalue weighted by Gasteiger charge is -2.35. The number of carbonyl (C=O) groups is 1. The molecule has 1 aromatic rings. The van der Waals surface area contributed by atoms with Crippen LogP contribution in [0.5, 0.6) is 0 Å². The van der Waals surface area contributed by atoms with E-state index in [0.717, 1.165) is 11.5 Å². The normalized spacial score (nSPS) is 23.0. The summed E-state index contributed by atoms with van der Waals surface area (Å²) >= 11 is 0. The Morgan fingerprint density at radius 2 is 2.20 bits per heavy atom. The first-order chi connectivity index (χ1) is 9.63. The second-order valence-corrected chi connectivity index (χ2v) is 5.95. The largest absolute Gasteiger partial charge is 0.463 e. The maximum Gasteiger partial charge on any atom is 0.374 e. The maximum atomic E-state index is 11.6. The number of nitrogens with one attached hydrogen (secondary N) is 1. The van der Waals surface area contributed by atoms with E-state index in [1.165, 1.54) is 32.8 Å². The molecule has 1 N–H and O–H groups in total. The second kappa shape index (κ2) is 6.93. The van der Waals surface area contributed by atoms with E-state index in [2.05, 4.69) is 19.2 Å². The molecule has 1 aliphatic rings. The van der Waals surface area contributed by atoms with E-state index in [-0.39, 0.29) is 0 Å². The lowest BCUT2D eigenvalue weighted by Crippen LogP contribution is -2.40. The van der Waals surface area contributed by atoms with Crippen molar-refractivity contribution in [3.63, 3.8) is 0 Å². The van der Waals surface area contributed by atoms with Crippen molar-refractivity contribution in [2.45, 2.75) is 52.1 Å². The van der Waals surface area contributed by atoms with Crippen molar-refractivity contribution < 1.29 is 13.9 Å². The van der Waals surface area contributed by atoms with Crippen LogP contribution in [0.4, 0.5) is 0 Å². The van der Waals surface area contributed by atoms with Gasteiger partial charge in [-0.25, -0.2) is 4.79 Å². The van der Waals surface area contributed by atoms with Crippen LogP contribution in [0.3, 0.4) is 0 Å². The first-order valence-electron chi connectivity index (χ1n) is 7.51. The Balaban J connectivity index is 1.97. The molecule has 0 bridgehead atoms. The summed E-state index contributed by atoms with van der Waals surface area (Å²) in [4.78, 5) is 11.6. The molecule has 0 aliphatic heterocycles. The van der Waals surface area contributed by atoms with Crippen LogP contribution in [0.25, 0.3) is 0 Å². The number of ether oxygens (including phenoxy) is 1. The number of furan rings is 1. The number of hydrogen-bond acceptors (Lipinski definition) is 4. The van der Waals surface area contributed by atoms with Gasteiger partial charge in [0.2, 0.25) is 5.76 Å². The van der Waals surface area contributed by atoms with Crippen molar-refractivity contribution in [1.29, 1.82) is 0 Å². The third kappa shape index (κ3) is 3.42. The number of carbonyl (C=O) groups excluding carboxylic acids is 1. The molecular formula is C16H25NO3. The van der Waals surface area contributed by atoms with Crippen LogP contribution in [0.15, 0.2) is 16.7 Å². The van der Waals surface area contributed by atoms with Crippen molar-refractivity contribution in [2.24, 2.45) is 11.8 Å². The first kappa shape index (κ1) is 15.1. The Morgan fingerprint density at radius 1 is 1.45 bits per heavy atom. The molecule has 0 saturated heterocycles. The van der Waals surface area contributed by atoms with Gasteiger partial charge >= 0.3 is 5.97 Å². The molecule has 2 unspecified atom stereocenters. The summed E-state index contributed by atoms with van der Waals surface area (Å²) in [7, 11) is 1.37. The SMILES string of the molecule is COC(=O)c1occc1CNC1CCCCC1C(C)C. The van der Waals surface area contributed by atoms with Crippen LogP contribution < -0.4 is 5.32 Å². The van der Waals surface area contributed by atoms with E-state index in [0.29, 0.717) is 24.3 Å². The molecule has 20 heavy (non-hydrogen) atoms. The van der Waals surface area contributed by atoms with E-state index in [1.54, 1.807) is 6.26 Å². The zero-order chi connectivity index (χ0) is 14.5. The molecule has 4 heteroatoms. The minimum Gasteiger partial charge on any atom is -0.463 e. The number of esters is 1. The molecule has 1 aliphatic carbocycles. The van der Waals surface area contributed by atoms with Gasteiger partial charge in [0, 0.05) is 18.2 Å². The van der Waals surface area contributed by atoms with Gasteiger partial charge in [-0.2, -0.15) is 0 Å². The van der Waals surface area contributed by atoms with Gasteiger partial charge in [0.1, 0.15) is 0 Å². The number of methoxy groups -OCH3 is 1. The van der Waals surface area contributed by atoms with Gasteiger partial charge in [-0.05, 0) is 30.7 Å². The lowest BCUT2D eigenvalue weighted by atomic mass is 9.78. The van der Waals surface area contributed by atoms with Gasteiger partial charge in [0.05, 0.1) is 13.4 Å². The fourth-order valence-electron chi connectivity index (χ4n) is 3.20. The standard InChI is InChI=1S/C16H25NO3/c1-11(2)13-6-4-5-7-14(13)17-10-12-8-9-20-15(12)16(18)19-3/h8-9,11,13-14,17H,4-7,10H2,1-3H3. The fraction of sp³-hybridized carbons (Fsp3) is 0.688. The summed E-state index contributed by atoms with van der Waals surface area (Å²) in [6.07, 6.45) is 6.68. The molecule has 0 amide bonds. The monoisotopic (exact) mass is 279 g/mol. The van der Waals surface area contributed by atoms with Crippen LogP contribution >= 0.6 is 0 Å². The van der Waals surface area contributed by atoms with Crippen LogP contribution in [-0.4, -0.2) is 19.1 Å². The predicted molar refractivity (Wildman–Crippen MR) is 77.5 cm³/mol. The molecule has 2 atom stereocenters. The molecule has 1 saturated carbocycles. The zero-order valence-corrected chi connectivity index (χ0v) is 12.6. The number of rotatable bonds is 5. The van der Waals surface area contributed by atoms with Crippen molar-refractivity contribution in [3.05, 3.63) is 23.7 Å². The molecule has 4 nitrogen and oxygen atoms in total. The van der Waals surface area contributed by atoms with Gasteiger partial charge < -0.3 is 14.5 Å². The highest BCUT2D eigenvalue weighted by molar-refractivity contribution is 5.87. The zero-order valence-electron chi connectivity index (χ0n) is 12.6. The molecule has 0 radical (unpaired) electrons. The summed E-state index contributed by atoms with van der Waals surface area (Å²) in [5, 5.41) is 3.61. The van der Waals surface area contributed by atoms with Crippen LogP contribution in [0.1, 0.15) is 55.6 Å². The van der Waals surface area contributed by atoms with Gasteiger partial charge in [0.15, 0.2) is 0 Å². The van der Waals surface area contributed by atoms with Crippen LogP contribution in [-0.2, 0) is 11.3 Å². The van der Waals surface area contributed by atoms with E-state index >= 15 is 0 Å². The van der Waals surface area contributed by atoms with E-state index in [4.69, 9.17) is 9.15 Å². The Morgan fingerprint density at radius 3 is 2.90 bits per heavy atom. The van der Waals surface area contributed by atoms with E-state index in [9.17, 15) is 4.79 Å². The average molecular weight is 279 g/mol. The minimum atomic E-state index is -0.407. The summed E-state index contributed by atoms with van der Waals surface area (Å²) in [5.74, 6) is 1.32. The minimum absolute atomic E-state index is 0.317. The average Bonchev–Trinajstić information content (AvgIpc) is 2.92. The summed E-state index contributed by atoms with van der Waals surface area (Å²) in [6.45, 7) is 5.25. The van der Waals surface area contributed by atoms with Gasteiger partial charge in [-0.3, -0.25) is 0 Å². The first-order valence-corrected chi connectivity index (χ1v) is 7.51. The number of hydrogen-bond donors (Lipinski definition) is 1. The highest BCUT2D eigenvalue weighted by Gasteiger charge is 2.27. The molecular weight excluding hydrogens is 254 g/mol. The molecule has 2 rings (SSSR count). The molecule has 112 valence electrons. The third-order valence-corrected chi connectivity index (χ3v) is 4.35. The third-order valence-electron chi connectivity index (χ3n) is 4.35.